The molecule has 1 aliphatic heterocycles. The van der Waals surface area contributed by atoms with E-state index >= 15 is 0 Å². The Bertz CT molecular complexity index is 647. The molecule has 25 heavy (non-hydrogen) atoms. The van der Waals surface area contributed by atoms with Gasteiger partial charge in [0.1, 0.15) is 0 Å². The van der Waals surface area contributed by atoms with E-state index in [2.05, 4.69) is 58.3 Å². The quantitative estimate of drug-likeness (QED) is 0.571. The molecule has 3 nitrogen and oxygen atoms in total. The fraction of sp³-hybridized carbons (Fsp3) is 0.381. The third-order valence-electron chi connectivity index (χ3n) is 4.52. The molecule has 0 aromatic heterocycles. The molecule has 3 rings (SSSR count). The van der Waals surface area contributed by atoms with Gasteiger partial charge in [0.05, 0.1) is 0 Å². The van der Waals surface area contributed by atoms with Gasteiger partial charge in [0.15, 0.2) is 0 Å². The SMILES string of the molecule is O=C(CCCSc1ccccc1)N1CCCN(c2ccccc2)CC1. The fourth-order valence-corrected chi connectivity index (χ4v) is 4.03. The van der Waals surface area contributed by atoms with Gasteiger partial charge < -0.3 is 9.80 Å². The molecule has 1 amide bonds. The summed E-state index contributed by atoms with van der Waals surface area (Å²) in [6.07, 6.45) is 2.64. The Hall–Kier alpha value is -1.94. The number of hydrogen-bond donors (Lipinski definition) is 0. The molecule has 0 radical (unpaired) electrons. The summed E-state index contributed by atoms with van der Waals surface area (Å²) in [7, 11) is 0. The molecular weight excluding hydrogens is 328 g/mol. The highest BCUT2D eigenvalue weighted by Crippen LogP contribution is 2.19. The minimum Gasteiger partial charge on any atom is -0.370 e. The molecule has 1 fully saturated rings. The number of thioether (sulfide) groups is 1. The molecule has 1 aliphatic rings. The van der Waals surface area contributed by atoms with E-state index in [4.69, 9.17) is 0 Å². The molecule has 2 aromatic carbocycles. The molecule has 132 valence electrons. The molecule has 0 bridgehead atoms. The van der Waals surface area contributed by atoms with E-state index in [1.807, 2.05) is 23.9 Å². The number of carbonyl (C=O) groups is 1. The van der Waals surface area contributed by atoms with Gasteiger partial charge in [-0.2, -0.15) is 0 Å². The van der Waals surface area contributed by atoms with E-state index in [1.54, 1.807) is 0 Å². The van der Waals surface area contributed by atoms with Crippen LogP contribution < -0.4 is 4.90 Å². The zero-order chi connectivity index (χ0) is 17.3. The zero-order valence-corrected chi connectivity index (χ0v) is 15.5. The Morgan fingerprint density at radius 3 is 2.36 bits per heavy atom. The summed E-state index contributed by atoms with van der Waals surface area (Å²) in [6.45, 7) is 3.67. The van der Waals surface area contributed by atoms with Crippen LogP contribution in [-0.4, -0.2) is 42.7 Å². The average molecular weight is 355 g/mol. The van der Waals surface area contributed by atoms with E-state index in [-0.39, 0.29) is 0 Å². The van der Waals surface area contributed by atoms with Crippen LogP contribution in [0.15, 0.2) is 65.6 Å². The third-order valence-corrected chi connectivity index (χ3v) is 5.62. The van der Waals surface area contributed by atoms with Crippen molar-refractivity contribution in [2.45, 2.75) is 24.2 Å². The average Bonchev–Trinajstić information content (AvgIpc) is 2.93. The summed E-state index contributed by atoms with van der Waals surface area (Å²) in [5, 5.41) is 0. The molecule has 0 aliphatic carbocycles. The van der Waals surface area contributed by atoms with Gasteiger partial charge in [-0.05, 0) is 42.9 Å². The first-order chi connectivity index (χ1) is 12.3. The Labute approximate surface area is 155 Å². The highest BCUT2D eigenvalue weighted by atomic mass is 32.2. The minimum absolute atomic E-state index is 0.309. The summed E-state index contributed by atoms with van der Waals surface area (Å²) in [6, 6.07) is 20.9. The monoisotopic (exact) mass is 354 g/mol. The first kappa shape index (κ1) is 17.9. The van der Waals surface area contributed by atoms with Crippen LogP contribution in [0.4, 0.5) is 5.69 Å². The van der Waals surface area contributed by atoms with Crippen LogP contribution in [0.1, 0.15) is 19.3 Å². The van der Waals surface area contributed by atoms with Crippen molar-refractivity contribution in [3.8, 4) is 0 Å². The van der Waals surface area contributed by atoms with Crippen molar-refractivity contribution < 1.29 is 4.79 Å². The third kappa shape index (κ3) is 5.53. The standard InChI is InChI=1S/C21H26N2OS/c24-21(13-7-18-25-20-11-5-2-6-12-20)23-15-8-14-22(16-17-23)19-9-3-1-4-10-19/h1-6,9-12H,7-8,13-18H2. The lowest BCUT2D eigenvalue weighted by Crippen LogP contribution is -2.35. The Morgan fingerprint density at radius 1 is 0.880 bits per heavy atom. The van der Waals surface area contributed by atoms with E-state index in [9.17, 15) is 4.79 Å². The first-order valence-corrected chi connectivity index (χ1v) is 10.1. The largest absolute Gasteiger partial charge is 0.370 e. The van der Waals surface area contributed by atoms with Crippen LogP contribution in [0.25, 0.3) is 0 Å². The second kappa shape index (κ2) is 9.52. The molecular formula is C21H26N2OS. The fourth-order valence-electron chi connectivity index (χ4n) is 3.15. The molecule has 4 heteroatoms. The van der Waals surface area contributed by atoms with Gasteiger partial charge in [-0.15, -0.1) is 11.8 Å². The van der Waals surface area contributed by atoms with Crippen molar-refractivity contribution in [1.82, 2.24) is 4.90 Å². The van der Waals surface area contributed by atoms with Crippen molar-refractivity contribution in [2.75, 3.05) is 36.8 Å². The summed E-state index contributed by atoms with van der Waals surface area (Å²) < 4.78 is 0. The van der Waals surface area contributed by atoms with Crippen LogP contribution >= 0.6 is 11.8 Å². The van der Waals surface area contributed by atoms with E-state index < -0.39 is 0 Å². The van der Waals surface area contributed by atoms with Crippen LogP contribution in [0.5, 0.6) is 0 Å². The summed E-state index contributed by atoms with van der Waals surface area (Å²) in [5.41, 5.74) is 1.26. The minimum atomic E-state index is 0.309. The van der Waals surface area contributed by atoms with Crippen LogP contribution in [0, 0.1) is 0 Å². The Balaban J connectivity index is 1.40. The van der Waals surface area contributed by atoms with E-state index in [1.165, 1.54) is 10.6 Å². The number of benzene rings is 2. The van der Waals surface area contributed by atoms with E-state index in [0.29, 0.717) is 12.3 Å². The van der Waals surface area contributed by atoms with Gasteiger partial charge in [-0.25, -0.2) is 0 Å². The van der Waals surface area contributed by atoms with Crippen molar-refractivity contribution in [3.05, 3.63) is 60.7 Å². The van der Waals surface area contributed by atoms with E-state index in [0.717, 1.165) is 44.8 Å². The number of carbonyl (C=O) groups excluding carboxylic acids is 1. The van der Waals surface area contributed by atoms with Gasteiger partial charge in [-0.3, -0.25) is 4.79 Å². The number of nitrogens with zero attached hydrogens (tertiary/aromatic N) is 2. The molecule has 0 N–H and O–H groups in total. The molecule has 0 unspecified atom stereocenters. The molecule has 2 aromatic rings. The number of hydrogen-bond acceptors (Lipinski definition) is 3. The molecule has 0 saturated carbocycles. The Morgan fingerprint density at radius 2 is 1.60 bits per heavy atom. The van der Waals surface area contributed by atoms with Crippen molar-refractivity contribution >= 4 is 23.4 Å². The first-order valence-electron chi connectivity index (χ1n) is 9.08. The molecule has 1 heterocycles. The number of para-hydroxylation sites is 1. The maximum atomic E-state index is 12.5. The number of anilines is 1. The lowest BCUT2D eigenvalue weighted by Gasteiger charge is -2.23. The van der Waals surface area contributed by atoms with Crippen molar-refractivity contribution in [3.63, 3.8) is 0 Å². The summed E-state index contributed by atoms with van der Waals surface area (Å²) >= 11 is 1.83. The van der Waals surface area contributed by atoms with Crippen LogP contribution in [0.3, 0.4) is 0 Å². The lowest BCUT2D eigenvalue weighted by molar-refractivity contribution is -0.130. The summed E-state index contributed by atoms with van der Waals surface area (Å²) in [4.78, 5) is 18.2. The number of amides is 1. The highest BCUT2D eigenvalue weighted by molar-refractivity contribution is 7.99. The van der Waals surface area contributed by atoms with Crippen molar-refractivity contribution in [1.29, 1.82) is 0 Å². The highest BCUT2D eigenvalue weighted by Gasteiger charge is 2.18. The van der Waals surface area contributed by atoms with Crippen molar-refractivity contribution in [2.24, 2.45) is 0 Å². The van der Waals surface area contributed by atoms with Crippen LogP contribution in [-0.2, 0) is 4.79 Å². The maximum Gasteiger partial charge on any atom is 0.222 e. The molecule has 0 atom stereocenters. The van der Waals surface area contributed by atoms with Gasteiger partial charge in [0, 0.05) is 43.2 Å². The zero-order valence-electron chi connectivity index (χ0n) is 14.6. The predicted molar refractivity (Wildman–Crippen MR) is 106 cm³/mol. The lowest BCUT2D eigenvalue weighted by atomic mass is 10.3. The topological polar surface area (TPSA) is 23.6 Å². The Kier molecular flexibility index (Phi) is 6.80. The van der Waals surface area contributed by atoms with Gasteiger partial charge in [0.25, 0.3) is 0 Å². The smallest absolute Gasteiger partial charge is 0.222 e. The van der Waals surface area contributed by atoms with Gasteiger partial charge in [0.2, 0.25) is 5.91 Å². The second-order valence-corrected chi connectivity index (χ2v) is 7.49. The predicted octanol–water partition coefficient (Wildman–Crippen LogP) is 4.30. The van der Waals surface area contributed by atoms with Gasteiger partial charge in [-0.1, -0.05) is 36.4 Å². The number of rotatable bonds is 6. The molecule has 1 saturated heterocycles. The van der Waals surface area contributed by atoms with Crippen LogP contribution in [0.2, 0.25) is 0 Å². The van der Waals surface area contributed by atoms with Gasteiger partial charge >= 0.3 is 0 Å². The normalized spacial score (nSPS) is 15.0. The second-order valence-electron chi connectivity index (χ2n) is 6.32. The summed E-state index contributed by atoms with van der Waals surface area (Å²) in [5.74, 6) is 1.31. The maximum absolute atomic E-state index is 12.5. The molecule has 0 spiro atoms.